The Morgan fingerprint density at radius 2 is 1.81 bits per heavy atom. The Morgan fingerprint density at radius 3 is 2.42 bits per heavy atom. The number of piperidine rings is 1. The predicted octanol–water partition coefficient (Wildman–Crippen LogP) is 4.29. The minimum atomic E-state index is -4.55. The van der Waals surface area contributed by atoms with Crippen LogP contribution in [0.5, 0.6) is 0 Å². The van der Waals surface area contributed by atoms with Crippen LogP contribution in [-0.2, 0) is 12.7 Å². The highest BCUT2D eigenvalue weighted by Gasteiger charge is 2.47. The zero-order chi connectivity index (χ0) is 22.1. The van der Waals surface area contributed by atoms with E-state index in [1.165, 1.54) is 11.6 Å². The van der Waals surface area contributed by atoms with E-state index in [4.69, 9.17) is 5.26 Å². The number of aliphatic hydroxyl groups is 1. The number of alkyl halides is 3. The highest BCUT2D eigenvalue weighted by atomic mass is 19.4. The maximum absolute atomic E-state index is 13.3. The lowest BCUT2D eigenvalue weighted by atomic mass is 9.71. The molecule has 2 aliphatic rings. The van der Waals surface area contributed by atoms with Crippen molar-refractivity contribution in [2.24, 2.45) is 11.3 Å². The predicted molar refractivity (Wildman–Crippen MR) is 112 cm³/mol. The molecule has 2 heterocycles. The van der Waals surface area contributed by atoms with Crippen molar-refractivity contribution in [3.63, 3.8) is 0 Å². The number of rotatable bonds is 4. The maximum atomic E-state index is 13.3. The smallest absolute Gasteiger partial charge is 0.396 e. The molecule has 1 spiro atoms. The van der Waals surface area contributed by atoms with Gasteiger partial charge in [-0.3, -0.25) is 4.90 Å². The van der Waals surface area contributed by atoms with Gasteiger partial charge in [-0.15, -0.1) is 0 Å². The van der Waals surface area contributed by atoms with Gasteiger partial charge >= 0.3 is 6.18 Å². The zero-order valence-electron chi connectivity index (χ0n) is 17.3. The molecule has 31 heavy (non-hydrogen) atoms. The fraction of sp³-hybridized carbons (Fsp3) is 0.458. The number of nitriles is 1. The van der Waals surface area contributed by atoms with Gasteiger partial charge in [-0.05, 0) is 42.0 Å². The number of halogens is 3. The Hall–Kier alpha value is -2.56. The molecule has 2 aromatic carbocycles. The summed E-state index contributed by atoms with van der Waals surface area (Å²) in [6.07, 6.45) is -2.90. The third-order valence-electron chi connectivity index (χ3n) is 6.91. The third-order valence-corrected chi connectivity index (χ3v) is 6.91. The normalized spacial score (nSPS) is 21.4. The first-order valence-corrected chi connectivity index (χ1v) is 10.6. The number of benzene rings is 2. The van der Waals surface area contributed by atoms with Crippen LogP contribution in [0.3, 0.4) is 0 Å². The zero-order valence-corrected chi connectivity index (χ0v) is 17.3. The lowest BCUT2D eigenvalue weighted by Crippen LogP contribution is -2.45. The number of likely N-dealkylation sites (tertiary alicyclic amines) is 1. The van der Waals surface area contributed by atoms with Gasteiger partial charge in [-0.2, -0.15) is 18.4 Å². The van der Waals surface area contributed by atoms with E-state index >= 15 is 0 Å². The topological polar surface area (TPSA) is 50.5 Å². The maximum Gasteiger partial charge on any atom is 0.417 e. The molecule has 1 unspecified atom stereocenters. The molecule has 0 aliphatic carbocycles. The quantitative estimate of drug-likeness (QED) is 0.788. The molecule has 1 atom stereocenters. The first kappa shape index (κ1) is 21.7. The highest BCUT2D eigenvalue weighted by molar-refractivity contribution is 5.55. The summed E-state index contributed by atoms with van der Waals surface area (Å²) in [4.78, 5) is 4.35. The van der Waals surface area contributed by atoms with Gasteiger partial charge in [0, 0.05) is 50.9 Å². The van der Waals surface area contributed by atoms with Gasteiger partial charge in [-0.1, -0.05) is 30.3 Å². The fourth-order valence-electron chi connectivity index (χ4n) is 5.20. The average molecular weight is 429 g/mol. The molecule has 0 saturated carbocycles. The summed E-state index contributed by atoms with van der Waals surface area (Å²) in [6.45, 7) is 3.97. The van der Waals surface area contributed by atoms with Crippen LogP contribution >= 0.6 is 0 Å². The molecule has 2 saturated heterocycles. The lowest BCUT2D eigenvalue weighted by molar-refractivity contribution is -0.137. The van der Waals surface area contributed by atoms with Crippen molar-refractivity contribution < 1.29 is 18.3 Å². The standard InChI is InChI=1S/C24H26F3N3O/c25-24(26,27)22-12-21(7-6-19(22)13-28)30-10-8-23(9-11-30)17-29(15-20(23)16-31)14-18-4-2-1-3-5-18/h1-7,12,20,31H,8-11,14-17H2. The number of aliphatic hydroxyl groups excluding tert-OH is 1. The molecule has 2 aliphatic heterocycles. The molecule has 2 fully saturated rings. The van der Waals surface area contributed by atoms with Crippen molar-refractivity contribution >= 4 is 5.69 Å². The first-order chi connectivity index (χ1) is 14.8. The van der Waals surface area contributed by atoms with Gasteiger partial charge in [0.1, 0.15) is 0 Å². The van der Waals surface area contributed by atoms with E-state index in [1.807, 2.05) is 23.1 Å². The Morgan fingerprint density at radius 1 is 1.10 bits per heavy atom. The van der Waals surface area contributed by atoms with Crippen LogP contribution in [-0.4, -0.2) is 42.8 Å². The minimum absolute atomic E-state index is 0.0144. The van der Waals surface area contributed by atoms with Gasteiger partial charge in [0.2, 0.25) is 0 Å². The van der Waals surface area contributed by atoms with Crippen LogP contribution in [0.2, 0.25) is 0 Å². The van der Waals surface area contributed by atoms with Crippen molar-refractivity contribution in [2.45, 2.75) is 25.6 Å². The average Bonchev–Trinajstić information content (AvgIpc) is 3.10. The SMILES string of the molecule is N#Cc1ccc(N2CCC3(CC2)CN(Cc2ccccc2)CC3CO)cc1C(F)(F)F. The Kier molecular flexibility index (Phi) is 5.96. The molecule has 0 amide bonds. The second-order valence-corrected chi connectivity index (χ2v) is 8.72. The second kappa shape index (κ2) is 8.52. The summed E-state index contributed by atoms with van der Waals surface area (Å²) >= 11 is 0. The molecule has 4 nitrogen and oxygen atoms in total. The third kappa shape index (κ3) is 4.41. The monoisotopic (exact) mass is 429 g/mol. The van der Waals surface area contributed by atoms with E-state index < -0.39 is 11.7 Å². The second-order valence-electron chi connectivity index (χ2n) is 8.72. The summed E-state index contributed by atoms with van der Waals surface area (Å²) in [5.74, 6) is 0.171. The van der Waals surface area contributed by atoms with Gasteiger partial charge < -0.3 is 10.0 Å². The van der Waals surface area contributed by atoms with E-state index in [2.05, 4.69) is 17.0 Å². The molecule has 2 aromatic rings. The number of hydrogen-bond acceptors (Lipinski definition) is 4. The van der Waals surface area contributed by atoms with Crippen LogP contribution in [0.15, 0.2) is 48.5 Å². The van der Waals surface area contributed by atoms with E-state index in [0.717, 1.165) is 38.5 Å². The molecule has 0 aromatic heterocycles. The van der Waals surface area contributed by atoms with Crippen molar-refractivity contribution in [3.8, 4) is 6.07 Å². The molecule has 0 bridgehead atoms. The number of anilines is 1. The van der Waals surface area contributed by atoms with Crippen molar-refractivity contribution in [3.05, 3.63) is 65.2 Å². The van der Waals surface area contributed by atoms with Crippen LogP contribution in [0.25, 0.3) is 0 Å². The van der Waals surface area contributed by atoms with Gasteiger partial charge in [0.15, 0.2) is 0 Å². The van der Waals surface area contributed by atoms with Crippen molar-refractivity contribution in [1.29, 1.82) is 5.26 Å². The first-order valence-electron chi connectivity index (χ1n) is 10.6. The van der Waals surface area contributed by atoms with Crippen molar-refractivity contribution in [1.82, 2.24) is 4.90 Å². The van der Waals surface area contributed by atoms with Crippen LogP contribution < -0.4 is 4.90 Å². The minimum Gasteiger partial charge on any atom is -0.396 e. The Labute approximate surface area is 180 Å². The summed E-state index contributed by atoms with van der Waals surface area (Å²) < 4.78 is 40.0. The van der Waals surface area contributed by atoms with Crippen LogP contribution in [0, 0.1) is 22.7 Å². The highest BCUT2D eigenvalue weighted by Crippen LogP contribution is 2.46. The van der Waals surface area contributed by atoms with E-state index in [1.54, 1.807) is 12.1 Å². The summed E-state index contributed by atoms with van der Waals surface area (Å²) in [5, 5.41) is 19.1. The molecule has 1 N–H and O–H groups in total. The van der Waals surface area contributed by atoms with Crippen LogP contribution in [0.4, 0.5) is 18.9 Å². The summed E-state index contributed by atoms with van der Waals surface area (Å²) in [7, 11) is 0. The molecular formula is C24H26F3N3O. The lowest BCUT2D eigenvalue weighted by Gasteiger charge is -2.43. The largest absolute Gasteiger partial charge is 0.417 e. The Bertz CT molecular complexity index is 947. The number of nitrogens with zero attached hydrogens (tertiary/aromatic N) is 3. The van der Waals surface area contributed by atoms with E-state index in [0.29, 0.717) is 18.8 Å². The van der Waals surface area contributed by atoms with Crippen molar-refractivity contribution in [2.75, 3.05) is 37.7 Å². The van der Waals surface area contributed by atoms with Gasteiger partial charge in [-0.25, -0.2) is 0 Å². The van der Waals surface area contributed by atoms with Gasteiger partial charge in [0.25, 0.3) is 0 Å². The molecule has 4 rings (SSSR count). The van der Waals surface area contributed by atoms with Gasteiger partial charge in [0.05, 0.1) is 17.2 Å². The molecule has 7 heteroatoms. The Balaban J connectivity index is 1.47. The number of hydrogen-bond donors (Lipinski definition) is 1. The van der Waals surface area contributed by atoms with E-state index in [-0.39, 0.29) is 23.5 Å². The summed E-state index contributed by atoms with van der Waals surface area (Å²) in [6, 6.07) is 15.8. The molecule has 0 radical (unpaired) electrons. The summed E-state index contributed by atoms with van der Waals surface area (Å²) in [5.41, 5.74) is 0.500. The fourth-order valence-corrected chi connectivity index (χ4v) is 5.20. The van der Waals surface area contributed by atoms with Crippen LogP contribution in [0.1, 0.15) is 29.5 Å². The molecular weight excluding hydrogens is 403 g/mol. The molecule has 164 valence electrons. The van der Waals surface area contributed by atoms with E-state index in [9.17, 15) is 18.3 Å².